The molecular formula is C28H34N2O4S. The van der Waals surface area contributed by atoms with E-state index in [9.17, 15) is 18.0 Å². The maximum Gasteiger partial charge on any atom is 0.243 e. The zero-order chi connectivity index (χ0) is 25.0. The van der Waals surface area contributed by atoms with Gasteiger partial charge in [0.15, 0.2) is 11.6 Å². The first-order valence-corrected chi connectivity index (χ1v) is 13.8. The molecule has 0 unspecified atom stereocenters. The average molecular weight is 495 g/mol. The summed E-state index contributed by atoms with van der Waals surface area (Å²) in [6.45, 7) is 7.07. The van der Waals surface area contributed by atoms with E-state index in [1.54, 1.807) is 16.4 Å². The monoisotopic (exact) mass is 494 g/mol. The van der Waals surface area contributed by atoms with Gasteiger partial charge in [-0.15, -0.1) is 0 Å². The van der Waals surface area contributed by atoms with Gasteiger partial charge in [-0.1, -0.05) is 53.6 Å². The highest BCUT2D eigenvalue weighted by Crippen LogP contribution is 2.32. The molecule has 1 aliphatic heterocycles. The number of aryl methyl sites for hydroxylation is 2. The number of sulfonamides is 1. The summed E-state index contributed by atoms with van der Waals surface area (Å²) in [7, 11) is -3.46. The number of allylic oxidation sites excluding steroid dienone is 2. The van der Waals surface area contributed by atoms with E-state index < -0.39 is 10.0 Å². The first-order valence-electron chi connectivity index (χ1n) is 12.4. The molecule has 0 spiro atoms. The molecule has 0 amide bonds. The van der Waals surface area contributed by atoms with Gasteiger partial charge in [-0.3, -0.25) is 9.59 Å². The van der Waals surface area contributed by atoms with Crippen molar-refractivity contribution >= 4 is 21.6 Å². The maximum absolute atomic E-state index is 12.9. The molecule has 0 bridgehead atoms. The Morgan fingerprint density at radius 3 is 1.94 bits per heavy atom. The van der Waals surface area contributed by atoms with Gasteiger partial charge in [0.05, 0.1) is 10.5 Å². The fraction of sp³-hybridized carbons (Fsp3) is 0.429. The van der Waals surface area contributed by atoms with Crippen LogP contribution in [0.25, 0.3) is 0 Å². The summed E-state index contributed by atoms with van der Waals surface area (Å²) in [5.74, 6) is -0.135. The van der Waals surface area contributed by atoms with Crippen molar-refractivity contribution in [3.05, 3.63) is 76.9 Å². The highest BCUT2D eigenvalue weighted by atomic mass is 32.2. The minimum Gasteiger partial charge on any atom is -0.301 e. The van der Waals surface area contributed by atoms with Crippen LogP contribution in [0.4, 0.5) is 0 Å². The Balaban J connectivity index is 1.23. The van der Waals surface area contributed by atoms with Crippen molar-refractivity contribution in [3.8, 4) is 0 Å². The summed E-state index contributed by atoms with van der Waals surface area (Å²) in [4.78, 5) is 27.9. The molecule has 0 radical (unpaired) electrons. The second-order valence-corrected chi connectivity index (χ2v) is 11.6. The SMILES string of the molecule is Cc1ccc(C2CC(=O)C(=CCCCN3CCN(S(=O)(=O)c4ccc(C)cc4)CC3)C(=O)C2)cc1. The number of rotatable bonds is 7. The molecule has 0 N–H and O–H groups in total. The highest BCUT2D eigenvalue weighted by Gasteiger charge is 2.31. The lowest BCUT2D eigenvalue weighted by Crippen LogP contribution is -2.48. The number of Topliss-reactive ketones (excluding diaryl/α,β-unsaturated/α-hetero) is 2. The van der Waals surface area contributed by atoms with E-state index in [0.717, 1.165) is 29.7 Å². The zero-order valence-electron chi connectivity index (χ0n) is 20.6. The second kappa shape index (κ2) is 11.0. The van der Waals surface area contributed by atoms with Crippen LogP contribution >= 0.6 is 0 Å². The second-order valence-electron chi connectivity index (χ2n) is 9.68. The lowest BCUT2D eigenvalue weighted by Gasteiger charge is -2.34. The summed E-state index contributed by atoms with van der Waals surface area (Å²) in [5.41, 5.74) is 3.62. The van der Waals surface area contributed by atoms with E-state index >= 15 is 0 Å². The maximum atomic E-state index is 12.9. The Bertz CT molecular complexity index is 1170. The molecule has 186 valence electrons. The third kappa shape index (κ3) is 6.15. The topological polar surface area (TPSA) is 74.8 Å². The van der Waals surface area contributed by atoms with E-state index in [1.165, 1.54) is 0 Å². The van der Waals surface area contributed by atoms with Gasteiger partial charge < -0.3 is 4.90 Å². The van der Waals surface area contributed by atoms with Crippen LogP contribution in [0.5, 0.6) is 0 Å². The fourth-order valence-corrected chi connectivity index (χ4v) is 6.23. The molecule has 4 rings (SSSR count). The van der Waals surface area contributed by atoms with Crippen LogP contribution in [0.3, 0.4) is 0 Å². The van der Waals surface area contributed by atoms with Crippen molar-refractivity contribution in [2.45, 2.75) is 50.3 Å². The van der Waals surface area contributed by atoms with Crippen LogP contribution in [0.1, 0.15) is 48.3 Å². The van der Waals surface area contributed by atoms with Crippen molar-refractivity contribution in [2.75, 3.05) is 32.7 Å². The van der Waals surface area contributed by atoms with Gasteiger partial charge in [-0.2, -0.15) is 4.31 Å². The van der Waals surface area contributed by atoms with E-state index in [-0.39, 0.29) is 17.5 Å². The van der Waals surface area contributed by atoms with Crippen molar-refractivity contribution in [2.24, 2.45) is 0 Å². The summed E-state index contributed by atoms with van der Waals surface area (Å²) in [5, 5.41) is 0. The third-order valence-electron chi connectivity index (χ3n) is 7.03. The first-order chi connectivity index (χ1) is 16.7. The van der Waals surface area contributed by atoms with E-state index in [1.807, 2.05) is 56.3 Å². The van der Waals surface area contributed by atoms with Gasteiger partial charge in [0.1, 0.15) is 0 Å². The van der Waals surface area contributed by atoms with Gasteiger partial charge in [-0.25, -0.2) is 8.42 Å². The molecule has 2 aliphatic rings. The summed E-state index contributed by atoms with van der Waals surface area (Å²) in [6.07, 6.45) is 4.09. The number of hydrogen-bond donors (Lipinski definition) is 0. The zero-order valence-corrected chi connectivity index (χ0v) is 21.4. The highest BCUT2D eigenvalue weighted by molar-refractivity contribution is 7.89. The van der Waals surface area contributed by atoms with E-state index in [2.05, 4.69) is 4.90 Å². The summed E-state index contributed by atoms with van der Waals surface area (Å²) in [6, 6.07) is 15.1. The minimum absolute atomic E-state index is 0.0276. The van der Waals surface area contributed by atoms with Crippen LogP contribution in [-0.2, 0) is 19.6 Å². The largest absolute Gasteiger partial charge is 0.301 e. The number of ketones is 2. The van der Waals surface area contributed by atoms with Crippen LogP contribution in [-0.4, -0.2) is 61.9 Å². The molecule has 6 nitrogen and oxygen atoms in total. The number of nitrogens with zero attached hydrogens (tertiary/aromatic N) is 2. The Morgan fingerprint density at radius 1 is 0.829 bits per heavy atom. The molecular weight excluding hydrogens is 460 g/mol. The molecule has 1 saturated heterocycles. The number of carbonyl (C=O) groups is 2. The number of hydrogen-bond acceptors (Lipinski definition) is 5. The quantitative estimate of drug-likeness (QED) is 0.330. The van der Waals surface area contributed by atoms with Crippen molar-refractivity contribution in [1.29, 1.82) is 0 Å². The minimum atomic E-state index is -3.46. The normalized spacial score (nSPS) is 20.3. The van der Waals surface area contributed by atoms with Gasteiger partial charge >= 0.3 is 0 Å². The first kappa shape index (κ1) is 25.5. The number of carbonyl (C=O) groups excluding carboxylic acids is 2. The Kier molecular flexibility index (Phi) is 7.99. The van der Waals surface area contributed by atoms with Crippen LogP contribution in [0.2, 0.25) is 0 Å². The smallest absolute Gasteiger partial charge is 0.243 e. The van der Waals surface area contributed by atoms with Crippen molar-refractivity contribution < 1.29 is 18.0 Å². The van der Waals surface area contributed by atoms with E-state index in [0.29, 0.717) is 55.9 Å². The Hall–Kier alpha value is -2.61. The van der Waals surface area contributed by atoms with Gasteiger partial charge in [0.25, 0.3) is 0 Å². The molecule has 1 heterocycles. The van der Waals surface area contributed by atoms with E-state index in [4.69, 9.17) is 0 Å². The molecule has 35 heavy (non-hydrogen) atoms. The van der Waals surface area contributed by atoms with Gasteiger partial charge in [0, 0.05) is 39.0 Å². The lowest BCUT2D eigenvalue weighted by molar-refractivity contribution is -0.124. The number of piperazine rings is 1. The standard InChI is InChI=1S/C28H34N2O4S/c1-21-6-10-23(11-7-21)24-19-27(31)26(28(32)20-24)5-3-4-14-29-15-17-30(18-16-29)35(33,34)25-12-8-22(2)9-13-25/h5-13,24H,3-4,14-20H2,1-2H3. The lowest BCUT2D eigenvalue weighted by atomic mass is 9.79. The van der Waals surface area contributed by atoms with Gasteiger partial charge in [0.2, 0.25) is 10.0 Å². The number of unbranched alkanes of at least 4 members (excludes halogenated alkanes) is 1. The number of benzene rings is 2. The van der Waals surface area contributed by atoms with Crippen molar-refractivity contribution in [3.63, 3.8) is 0 Å². The van der Waals surface area contributed by atoms with Crippen molar-refractivity contribution in [1.82, 2.24) is 9.21 Å². The molecule has 1 saturated carbocycles. The fourth-order valence-electron chi connectivity index (χ4n) is 4.81. The third-order valence-corrected chi connectivity index (χ3v) is 8.94. The Morgan fingerprint density at radius 2 is 1.37 bits per heavy atom. The summed E-state index contributed by atoms with van der Waals surface area (Å²) >= 11 is 0. The predicted molar refractivity (Wildman–Crippen MR) is 137 cm³/mol. The van der Waals surface area contributed by atoms with Crippen LogP contribution < -0.4 is 0 Å². The van der Waals surface area contributed by atoms with Crippen LogP contribution in [0.15, 0.2) is 65.1 Å². The molecule has 2 aromatic rings. The molecule has 2 fully saturated rings. The molecule has 2 aromatic carbocycles. The Labute approximate surface area is 208 Å². The molecule has 7 heteroatoms. The molecule has 0 atom stereocenters. The summed E-state index contributed by atoms with van der Waals surface area (Å²) < 4.78 is 27.3. The van der Waals surface area contributed by atoms with Gasteiger partial charge in [-0.05, 0) is 56.8 Å². The molecule has 1 aliphatic carbocycles. The average Bonchev–Trinajstić information content (AvgIpc) is 2.84. The predicted octanol–water partition coefficient (Wildman–Crippen LogP) is 4.03. The molecule has 0 aromatic heterocycles. The van der Waals surface area contributed by atoms with Crippen LogP contribution in [0, 0.1) is 13.8 Å².